The Morgan fingerprint density at radius 2 is 1.96 bits per heavy atom. The van der Waals surface area contributed by atoms with Gasteiger partial charge in [0.2, 0.25) is 0 Å². The average molecular weight is 343 g/mol. The standard InChI is InChI=1S/C18H25N5O2/c1-14(2)17(22-7-9-25-10-8-22)11-20-18(24)15-3-5-16(6-4-15)23-13-19-12-21-23/h3-6,12-14,17H,7-11H2,1-2H3,(H,20,24)/t17-/m0/s1. The Kier molecular flexibility index (Phi) is 5.78. The largest absolute Gasteiger partial charge is 0.379 e. The van der Waals surface area contributed by atoms with Crippen molar-refractivity contribution < 1.29 is 9.53 Å². The predicted octanol–water partition coefficient (Wildman–Crippen LogP) is 1.35. The summed E-state index contributed by atoms with van der Waals surface area (Å²) < 4.78 is 7.09. The molecule has 1 aromatic heterocycles. The minimum absolute atomic E-state index is 0.0518. The molecule has 2 aromatic rings. The van der Waals surface area contributed by atoms with Crippen LogP contribution in [0.15, 0.2) is 36.9 Å². The summed E-state index contributed by atoms with van der Waals surface area (Å²) in [4.78, 5) is 18.8. The molecule has 1 amide bonds. The Balaban J connectivity index is 1.59. The van der Waals surface area contributed by atoms with Gasteiger partial charge in [0.05, 0.1) is 18.9 Å². The van der Waals surface area contributed by atoms with E-state index in [1.54, 1.807) is 11.0 Å². The van der Waals surface area contributed by atoms with Crippen molar-refractivity contribution in [3.63, 3.8) is 0 Å². The Bertz CT molecular complexity index is 663. The van der Waals surface area contributed by atoms with Gasteiger partial charge in [-0.1, -0.05) is 13.8 Å². The SMILES string of the molecule is CC(C)[C@H](CNC(=O)c1ccc(-n2cncn2)cc1)N1CCOCC1. The van der Waals surface area contributed by atoms with E-state index in [1.165, 1.54) is 6.33 Å². The first-order chi connectivity index (χ1) is 12.1. The number of aromatic nitrogens is 3. The second-order valence-electron chi connectivity index (χ2n) is 6.56. The molecular formula is C18H25N5O2. The molecule has 0 radical (unpaired) electrons. The van der Waals surface area contributed by atoms with Gasteiger partial charge in [-0.15, -0.1) is 0 Å². The van der Waals surface area contributed by atoms with Crippen molar-refractivity contribution in [1.82, 2.24) is 25.0 Å². The Morgan fingerprint density at radius 1 is 1.24 bits per heavy atom. The van der Waals surface area contributed by atoms with Crippen LogP contribution in [-0.4, -0.2) is 64.5 Å². The normalized spacial score (nSPS) is 16.8. The fourth-order valence-electron chi connectivity index (χ4n) is 3.10. The summed E-state index contributed by atoms with van der Waals surface area (Å²) in [6, 6.07) is 7.68. The molecule has 7 heteroatoms. The molecule has 0 unspecified atom stereocenters. The highest BCUT2D eigenvalue weighted by atomic mass is 16.5. The highest BCUT2D eigenvalue weighted by molar-refractivity contribution is 5.94. The first-order valence-corrected chi connectivity index (χ1v) is 8.70. The lowest BCUT2D eigenvalue weighted by atomic mass is 10.0. The van der Waals surface area contributed by atoms with Crippen LogP contribution in [0.1, 0.15) is 24.2 Å². The third-order valence-corrected chi connectivity index (χ3v) is 4.57. The summed E-state index contributed by atoms with van der Waals surface area (Å²) in [5, 5.41) is 7.16. The number of morpholine rings is 1. The second-order valence-corrected chi connectivity index (χ2v) is 6.56. The van der Waals surface area contributed by atoms with Crippen molar-refractivity contribution in [2.45, 2.75) is 19.9 Å². The molecule has 25 heavy (non-hydrogen) atoms. The van der Waals surface area contributed by atoms with Crippen molar-refractivity contribution in [1.29, 1.82) is 0 Å². The summed E-state index contributed by atoms with van der Waals surface area (Å²) in [6.45, 7) is 8.40. The summed E-state index contributed by atoms with van der Waals surface area (Å²) in [7, 11) is 0. The number of carbonyl (C=O) groups is 1. The number of nitrogens with zero attached hydrogens (tertiary/aromatic N) is 4. The molecule has 1 saturated heterocycles. The number of benzene rings is 1. The van der Waals surface area contributed by atoms with Gasteiger partial charge in [0.1, 0.15) is 12.7 Å². The minimum atomic E-state index is -0.0518. The van der Waals surface area contributed by atoms with Crippen LogP contribution < -0.4 is 5.32 Å². The van der Waals surface area contributed by atoms with Gasteiger partial charge in [-0.3, -0.25) is 9.69 Å². The van der Waals surface area contributed by atoms with Crippen LogP contribution in [0.5, 0.6) is 0 Å². The number of rotatable bonds is 6. The molecule has 1 aliphatic rings. The molecule has 1 aliphatic heterocycles. The molecule has 134 valence electrons. The smallest absolute Gasteiger partial charge is 0.251 e. The summed E-state index contributed by atoms with van der Waals surface area (Å²) in [6.07, 6.45) is 3.11. The van der Waals surface area contributed by atoms with Gasteiger partial charge >= 0.3 is 0 Å². The first kappa shape index (κ1) is 17.6. The minimum Gasteiger partial charge on any atom is -0.379 e. The number of hydrogen-bond acceptors (Lipinski definition) is 5. The van der Waals surface area contributed by atoms with Crippen molar-refractivity contribution in [3.05, 3.63) is 42.5 Å². The van der Waals surface area contributed by atoms with Gasteiger partial charge in [-0.05, 0) is 30.2 Å². The topological polar surface area (TPSA) is 72.3 Å². The van der Waals surface area contributed by atoms with Gasteiger partial charge in [0, 0.05) is 31.2 Å². The van der Waals surface area contributed by atoms with Crippen LogP contribution >= 0.6 is 0 Å². The summed E-state index contributed by atoms with van der Waals surface area (Å²) in [5.41, 5.74) is 1.52. The van der Waals surface area contributed by atoms with E-state index in [4.69, 9.17) is 4.74 Å². The van der Waals surface area contributed by atoms with Crippen LogP contribution in [0, 0.1) is 5.92 Å². The Hall–Kier alpha value is -2.25. The lowest BCUT2D eigenvalue weighted by Crippen LogP contribution is -2.51. The van der Waals surface area contributed by atoms with E-state index in [9.17, 15) is 4.79 Å². The highest BCUT2D eigenvalue weighted by Crippen LogP contribution is 2.13. The van der Waals surface area contributed by atoms with Crippen LogP contribution in [0.3, 0.4) is 0 Å². The molecule has 0 bridgehead atoms. The fraction of sp³-hybridized carbons (Fsp3) is 0.500. The molecule has 7 nitrogen and oxygen atoms in total. The van der Waals surface area contributed by atoms with Crippen LogP contribution in [-0.2, 0) is 4.74 Å². The molecule has 0 spiro atoms. The monoisotopic (exact) mass is 343 g/mol. The zero-order chi connectivity index (χ0) is 17.6. The van der Waals surface area contributed by atoms with E-state index in [0.29, 0.717) is 24.1 Å². The number of carbonyl (C=O) groups excluding carboxylic acids is 1. The average Bonchev–Trinajstić information content (AvgIpc) is 3.17. The molecule has 3 rings (SSSR count). The maximum Gasteiger partial charge on any atom is 0.251 e. The zero-order valence-corrected chi connectivity index (χ0v) is 14.8. The molecular weight excluding hydrogens is 318 g/mol. The van der Waals surface area contributed by atoms with E-state index in [0.717, 1.165) is 32.0 Å². The molecule has 1 aromatic carbocycles. The van der Waals surface area contributed by atoms with Crippen molar-refractivity contribution in [2.75, 3.05) is 32.8 Å². The summed E-state index contributed by atoms with van der Waals surface area (Å²) in [5.74, 6) is 0.414. The lowest BCUT2D eigenvalue weighted by molar-refractivity contribution is 0.00673. The molecule has 1 fully saturated rings. The van der Waals surface area contributed by atoms with Gasteiger partial charge in [-0.2, -0.15) is 5.10 Å². The maximum absolute atomic E-state index is 12.5. The Morgan fingerprint density at radius 3 is 2.56 bits per heavy atom. The predicted molar refractivity (Wildman–Crippen MR) is 94.7 cm³/mol. The lowest BCUT2D eigenvalue weighted by Gasteiger charge is -2.36. The molecule has 1 N–H and O–H groups in total. The fourth-order valence-corrected chi connectivity index (χ4v) is 3.10. The number of nitrogens with one attached hydrogen (secondary N) is 1. The van der Waals surface area contributed by atoms with Crippen molar-refractivity contribution >= 4 is 5.91 Å². The number of amides is 1. The van der Waals surface area contributed by atoms with E-state index in [2.05, 4.69) is 34.1 Å². The van der Waals surface area contributed by atoms with Gasteiger partial charge < -0.3 is 10.1 Å². The summed E-state index contributed by atoms with van der Waals surface area (Å²) >= 11 is 0. The van der Waals surface area contributed by atoms with Crippen molar-refractivity contribution in [2.24, 2.45) is 5.92 Å². The van der Waals surface area contributed by atoms with E-state index in [1.807, 2.05) is 24.3 Å². The van der Waals surface area contributed by atoms with Crippen molar-refractivity contribution in [3.8, 4) is 5.69 Å². The number of ether oxygens (including phenoxy) is 1. The highest BCUT2D eigenvalue weighted by Gasteiger charge is 2.24. The van der Waals surface area contributed by atoms with Crippen LogP contribution in [0.25, 0.3) is 5.69 Å². The van der Waals surface area contributed by atoms with E-state index in [-0.39, 0.29) is 5.91 Å². The second kappa shape index (κ2) is 8.22. The van der Waals surface area contributed by atoms with Crippen LogP contribution in [0.4, 0.5) is 0 Å². The number of hydrogen-bond donors (Lipinski definition) is 1. The van der Waals surface area contributed by atoms with Gasteiger partial charge in [-0.25, -0.2) is 9.67 Å². The van der Waals surface area contributed by atoms with E-state index >= 15 is 0 Å². The van der Waals surface area contributed by atoms with Gasteiger partial charge in [0.25, 0.3) is 5.91 Å². The Labute approximate surface area is 148 Å². The van der Waals surface area contributed by atoms with Crippen LogP contribution in [0.2, 0.25) is 0 Å². The molecule has 0 saturated carbocycles. The third-order valence-electron chi connectivity index (χ3n) is 4.57. The van der Waals surface area contributed by atoms with E-state index < -0.39 is 0 Å². The zero-order valence-electron chi connectivity index (χ0n) is 14.8. The molecule has 2 heterocycles. The third kappa shape index (κ3) is 4.43. The van der Waals surface area contributed by atoms with Gasteiger partial charge in [0.15, 0.2) is 0 Å². The molecule has 0 aliphatic carbocycles. The quantitative estimate of drug-likeness (QED) is 0.857. The molecule has 1 atom stereocenters. The maximum atomic E-state index is 12.5. The first-order valence-electron chi connectivity index (χ1n) is 8.70.